The van der Waals surface area contributed by atoms with Crippen LogP contribution in [0.15, 0.2) is 47.1 Å². The second kappa shape index (κ2) is 10.2. The number of piperidine rings is 1. The number of aromatic nitrogens is 2. The van der Waals surface area contributed by atoms with Gasteiger partial charge in [0.05, 0.1) is 7.11 Å². The molecule has 1 saturated heterocycles. The number of hydrogen-bond donors (Lipinski definition) is 0. The minimum atomic E-state index is -0.0527. The van der Waals surface area contributed by atoms with Crippen LogP contribution in [-0.2, 0) is 13.0 Å². The topological polar surface area (TPSA) is 71.7 Å². The number of ether oxygens (including phenoxy) is 1. The summed E-state index contributed by atoms with van der Waals surface area (Å²) in [6.45, 7) is 3.87. The van der Waals surface area contributed by atoms with Crippen LogP contribution in [0, 0.1) is 6.92 Å². The van der Waals surface area contributed by atoms with E-state index in [1.54, 1.807) is 7.11 Å². The van der Waals surface area contributed by atoms with E-state index in [1.807, 2.05) is 49.1 Å². The number of likely N-dealkylation sites (tertiary alicyclic amines) is 1. The van der Waals surface area contributed by atoms with Crippen molar-refractivity contribution in [1.82, 2.24) is 19.9 Å². The Bertz CT molecular complexity index is 1090. The van der Waals surface area contributed by atoms with E-state index >= 15 is 0 Å². The molecule has 3 aromatic rings. The molecule has 7 heteroatoms. The Morgan fingerprint density at radius 2 is 2.09 bits per heavy atom. The summed E-state index contributed by atoms with van der Waals surface area (Å²) < 4.78 is 10.7. The molecule has 0 aliphatic carbocycles. The number of hydrogen-bond acceptors (Lipinski definition) is 6. The van der Waals surface area contributed by atoms with Gasteiger partial charge in [-0.05, 0) is 69.6 Å². The first-order chi connectivity index (χ1) is 15.9. The smallest absolute Gasteiger partial charge is 0.276 e. The van der Waals surface area contributed by atoms with Crippen molar-refractivity contribution in [2.75, 3.05) is 34.3 Å². The molecule has 0 radical (unpaired) electrons. The minimum Gasteiger partial charge on any atom is -0.497 e. The van der Waals surface area contributed by atoms with Gasteiger partial charge in [0.25, 0.3) is 5.91 Å². The van der Waals surface area contributed by atoms with Crippen LogP contribution >= 0.6 is 0 Å². The summed E-state index contributed by atoms with van der Waals surface area (Å²) in [6.07, 6.45) is 4.73. The molecule has 0 saturated carbocycles. The van der Waals surface area contributed by atoms with Gasteiger partial charge >= 0.3 is 0 Å². The van der Waals surface area contributed by atoms with Crippen molar-refractivity contribution < 1.29 is 14.1 Å². The summed E-state index contributed by atoms with van der Waals surface area (Å²) in [5.74, 6) is 1.73. The maximum absolute atomic E-state index is 13.3. The Morgan fingerprint density at radius 1 is 1.24 bits per heavy atom. The molecule has 2 aromatic heterocycles. The largest absolute Gasteiger partial charge is 0.497 e. The fourth-order valence-corrected chi connectivity index (χ4v) is 4.41. The van der Waals surface area contributed by atoms with Crippen LogP contribution in [0.4, 0.5) is 0 Å². The number of carbonyl (C=O) groups is 1. The molecule has 0 unspecified atom stereocenters. The minimum absolute atomic E-state index is 0.0527. The number of amides is 1. The summed E-state index contributed by atoms with van der Waals surface area (Å²) in [6, 6.07) is 12.3. The monoisotopic (exact) mass is 448 g/mol. The van der Waals surface area contributed by atoms with E-state index < -0.39 is 0 Å². The molecule has 33 heavy (non-hydrogen) atoms. The Kier molecular flexibility index (Phi) is 7.08. The molecule has 1 aromatic carbocycles. The predicted octanol–water partition coefficient (Wildman–Crippen LogP) is 4.06. The first-order valence-corrected chi connectivity index (χ1v) is 11.4. The van der Waals surface area contributed by atoms with Gasteiger partial charge in [-0.1, -0.05) is 23.4 Å². The number of rotatable bonds is 7. The van der Waals surface area contributed by atoms with Crippen LogP contribution < -0.4 is 4.74 Å². The molecule has 1 aliphatic heterocycles. The Hall–Kier alpha value is -3.19. The molecule has 1 amide bonds. The highest BCUT2D eigenvalue weighted by Crippen LogP contribution is 2.28. The number of methoxy groups -OCH3 is 1. The fourth-order valence-electron chi connectivity index (χ4n) is 4.41. The van der Waals surface area contributed by atoms with Crippen molar-refractivity contribution in [3.63, 3.8) is 0 Å². The van der Waals surface area contributed by atoms with E-state index in [-0.39, 0.29) is 11.8 Å². The average molecular weight is 449 g/mol. The molecule has 1 aliphatic rings. The lowest BCUT2D eigenvalue weighted by molar-refractivity contribution is 0.0693. The van der Waals surface area contributed by atoms with E-state index in [9.17, 15) is 4.79 Å². The molecule has 1 atom stereocenters. The van der Waals surface area contributed by atoms with Gasteiger partial charge in [0.1, 0.15) is 11.5 Å². The van der Waals surface area contributed by atoms with Gasteiger partial charge in [0.2, 0.25) is 0 Å². The van der Waals surface area contributed by atoms with Gasteiger partial charge in [-0.2, -0.15) is 0 Å². The van der Waals surface area contributed by atoms with Crippen LogP contribution in [0.1, 0.15) is 57.4 Å². The Balaban J connectivity index is 1.44. The second-order valence-electron chi connectivity index (χ2n) is 9.01. The van der Waals surface area contributed by atoms with E-state index in [1.165, 1.54) is 5.56 Å². The predicted molar refractivity (Wildman–Crippen MR) is 127 cm³/mol. The molecule has 174 valence electrons. The van der Waals surface area contributed by atoms with Crippen molar-refractivity contribution in [1.29, 1.82) is 0 Å². The zero-order valence-electron chi connectivity index (χ0n) is 19.9. The lowest BCUT2D eigenvalue weighted by atomic mass is 9.93. The molecule has 0 bridgehead atoms. The maximum Gasteiger partial charge on any atom is 0.276 e. The molecule has 4 rings (SSSR count). The quantitative estimate of drug-likeness (QED) is 0.543. The first kappa shape index (κ1) is 23.0. The van der Waals surface area contributed by atoms with E-state index in [4.69, 9.17) is 14.2 Å². The summed E-state index contributed by atoms with van der Waals surface area (Å²) in [5, 5.41) is 4.09. The van der Waals surface area contributed by atoms with Gasteiger partial charge in [-0.15, -0.1) is 0 Å². The maximum atomic E-state index is 13.3. The number of benzene rings is 1. The zero-order chi connectivity index (χ0) is 23.4. The van der Waals surface area contributed by atoms with Crippen LogP contribution in [0.25, 0.3) is 0 Å². The van der Waals surface area contributed by atoms with Crippen molar-refractivity contribution in [2.45, 2.75) is 38.6 Å². The molecule has 0 N–H and O–H groups in total. The fraction of sp³-hybridized carbons (Fsp3) is 0.423. The van der Waals surface area contributed by atoms with Crippen molar-refractivity contribution in [3.05, 3.63) is 76.4 Å². The molecule has 7 nitrogen and oxygen atoms in total. The SMILES string of the molecule is COc1cccc(Cc2ccc([C@H]3CCCN(C(=O)c4noc(C)c4CN(C)C)C3)nc2)c1. The van der Waals surface area contributed by atoms with Crippen molar-refractivity contribution >= 4 is 5.91 Å². The summed E-state index contributed by atoms with van der Waals surface area (Å²) in [4.78, 5) is 21.9. The third-order valence-corrected chi connectivity index (χ3v) is 6.18. The van der Waals surface area contributed by atoms with E-state index in [0.29, 0.717) is 24.5 Å². The highest BCUT2D eigenvalue weighted by molar-refractivity contribution is 5.94. The molecular formula is C26H32N4O3. The standard InChI is InChI=1S/C26H32N4O3/c1-18-23(17-29(2)3)25(28-33-18)26(31)30-12-6-8-21(16-30)24-11-10-20(15-27-24)13-19-7-5-9-22(14-19)32-4/h5,7,9-11,14-15,21H,6,8,12-13,16-17H2,1-4H3/t21-/m0/s1. The van der Waals surface area contributed by atoms with Gasteiger partial charge < -0.3 is 19.1 Å². The third-order valence-electron chi connectivity index (χ3n) is 6.18. The summed E-state index contributed by atoms with van der Waals surface area (Å²) in [5.41, 5.74) is 4.68. The van der Waals surface area contributed by atoms with Gasteiger partial charge in [0.15, 0.2) is 5.69 Å². The van der Waals surface area contributed by atoms with Gasteiger partial charge in [-0.3, -0.25) is 9.78 Å². The molecular weight excluding hydrogens is 416 g/mol. The van der Waals surface area contributed by atoms with E-state index in [2.05, 4.69) is 29.4 Å². The number of aryl methyl sites for hydroxylation is 1. The van der Waals surface area contributed by atoms with Crippen molar-refractivity contribution in [3.8, 4) is 5.75 Å². The number of carbonyl (C=O) groups excluding carboxylic acids is 1. The Labute approximate surface area is 195 Å². The van der Waals surface area contributed by atoms with Crippen LogP contribution in [-0.4, -0.2) is 60.1 Å². The summed E-state index contributed by atoms with van der Waals surface area (Å²) >= 11 is 0. The average Bonchev–Trinajstić information content (AvgIpc) is 3.18. The molecule has 3 heterocycles. The lowest BCUT2D eigenvalue weighted by Crippen LogP contribution is -2.40. The lowest BCUT2D eigenvalue weighted by Gasteiger charge is -2.32. The zero-order valence-corrected chi connectivity index (χ0v) is 19.9. The Morgan fingerprint density at radius 3 is 2.82 bits per heavy atom. The van der Waals surface area contributed by atoms with Gasteiger partial charge in [-0.25, -0.2) is 0 Å². The molecule has 1 fully saturated rings. The van der Waals surface area contributed by atoms with Crippen LogP contribution in [0.2, 0.25) is 0 Å². The normalized spacial score (nSPS) is 16.3. The first-order valence-electron chi connectivity index (χ1n) is 11.4. The van der Waals surface area contributed by atoms with Crippen molar-refractivity contribution in [2.24, 2.45) is 0 Å². The second-order valence-corrected chi connectivity index (χ2v) is 9.01. The van der Waals surface area contributed by atoms with Crippen LogP contribution in [0.3, 0.4) is 0 Å². The highest BCUT2D eigenvalue weighted by atomic mass is 16.5. The van der Waals surface area contributed by atoms with Crippen LogP contribution in [0.5, 0.6) is 5.75 Å². The van der Waals surface area contributed by atoms with Gasteiger partial charge in [0, 0.05) is 43.0 Å². The number of pyridine rings is 1. The number of nitrogens with zero attached hydrogens (tertiary/aromatic N) is 4. The summed E-state index contributed by atoms with van der Waals surface area (Å²) in [7, 11) is 5.63. The highest BCUT2D eigenvalue weighted by Gasteiger charge is 2.30. The van der Waals surface area contributed by atoms with E-state index in [0.717, 1.165) is 48.4 Å². The third kappa shape index (κ3) is 5.42. The molecule has 0 spiro atoms.